The Kier molecular flexibility index (Phi) is 4.72. The van der Waals surface area contributed by atoms with E-state index in [0.29, 0.717) is 19.1 Å². The number of ether oxygens (including phenoxy) is 1. The highest BCUT2D eigenvalue weighted by Gasteiger charge is 2.27. The summed E-state index contributed by atoms with van der Waals surface area (Å²) in [6, 6.07) is 0. The fourth-order valence-electron chi connectivity index (χ4n) is 2.42. The first kappa shape index (κ1) is 13.5. The number of hydrogen-bond acceptors (Lipinski definition) is 5. The number of rotatable bonds is 6. The number of aryl methyl sites for hydroxylation is 1. The molecular formula is C13H23N3O2. The third kappa shape index (κ3) is 3.78. The van der Waals surface area contributed by atoms with E-state index in [4.69, 9.17) is 15.0 Å². The number of nitrogens with zero attached hydrogens (tertiary/aromatic N) is 2. The first-order valence-electron chi connectivity index (χ1n) is 6.90. The van der Waals surface area contributed by atoms with E-state index in [1.54, 1.807) is 0 Å². The van der Waals surface area contributed by atoms with Crippen LogP contribution < -0.4 is 5.73 Å². The summed E-state index contributed by atoms with van der Waals surface area (Å²) >= 11 is 0. The summed E-state index contributed by atoms with van der Waals surface area (Å²) in [5.41, 5.74) is 6.14. The lowest BCUT2D eigenvalue weighted by atomic mass is 9.83. The smallest absolute Gasteiger partial charge is 0.252 e. The van der Waals surface area contributed by atoms with Crippen LogP contribution in [0.2, 0.25) is 0 Å². The van der Waals surface area contributed by atoms with Gasteiger partial charge in [-0.2, -0.15) is 4.98 Å². The highest BCUT2D eigenvalue weighted by atomic mass is 16.5. The maximum atomic E-state index is 6.28. The van der Waals surface area contributed by atoms with Crippen molar-refractivity contribution in [3.05, 3.63) is 11.7 Å². The SMILES string of the molecule is CCCc1noc(COCC2(N)CCCCC2)n1. The second-order valence-electron chi connectivity index (χ2n) is 5.27. The molecule has 1 aromatic rings. The van der Waals surface area contributed by atoms with Gasteiger partial charge in [-0.25, -0.2) is 0 Å². The van der Waals surface area contributed by atoms with Crippen LogP contribution in [0.25, 0.3) is 0 Å². The summed E-state index contributed by atoms with van der Waals surface area (Å²) in [5.74, 6) is 1.31. The second kappa shape index (κ2) is 6.29. The Morgan fingerprint density at radius 2 is 2.11 bits per heavy atom. The zero-order valence-electron chi connectivity index (χ0n) is 11.2. The lowest BCUT2D eigenvalue weighted by molar-refractivity contribution is 0.0439. The molecule has 2 N–H and O–H groups in total. The molecule has 0 atom stereocenters. The molecule has 18 heavy (non-hydrogen) atoms. The minimum Gasteiger partial charge on any atom is -0.370 e. The standard InChI is InChI=1S/C13H23N3O2/c1-2-6-11-15-12(18-16-11)9-17-10-13(14)7-4-3-5-8-13/h2-10,14H2,1H3. The predicted octanol–water partition coefficient (Wildman–Crippen LogP) is 2.20. The van der Waals surface area contributed by atoms with Gasteiger partial charge in [0.25, 0.3) is 5.89 Å². The first-order valence-corrected chi connectivity index (χ1v) is 6.90. The van der Waals surface area contributed by atoms with Crippen LogP contribution in [0, 0.1) is 0 Å². The molecule has 0 aliphatic heterocycles. The van der Waals surface area contributed by atoms with Gasteiger partial charge in [-0.05, 0) is 19.3 Å². The second-order valence-corrected chi connectivity index (χ2v) is 5.27. The fraction of sp³-hybridized carbons (Fsp3) is 0.846. The van der Waals surface area contributed by atoms with Gasteiger partial charge in [-0.15, -0.1) is 0 Å². The average Bonchev–Trinajstić information content (AvgIpc) is 2.78. The van der Waals surface area contributed by atoms with E-state index in [0.717, 1.165) is 31.5 Å². The van der Waals surface area contributed by atoms with Crippen molar-refractivity contribution in [1.29, 1.82) is 0 Å². The highest BCUT2D eigenvalue weighted by Crippen LogP contribution is 2.26. The first-order chi connectivity index (χ1) is 8.72. The summed E-state index contributed by atoms with van der Waals surface area (Å²) < 4.78 is 10.7. The van der Waals surface area contributed by atoms with Crippen LogP contribution in [0.3, 0.4) is 0 Å². The fourth-order valence-corrected chi connectivity index (χ4v) is 2.42. The van der Waals surface area contributed by atoms with Crippen LogP contribution >= 0.6 is 0 Å². The van der Waals surface area contributed by atoms with Gasteiger partial charge in [0, 0.05) is 12.0 Å². The normalized spacial score (nSPS) is 19.0. The maximum Gasteiger partial charge on any atom is 0.252 e. The molecule has 1 aromatic heterocycles. The van der Waals surface area contributed by atoms with Crippen molar-refractivity contribution < 1.29 is 9.26 Å². The van der Waals surface area contributed by atoms with E-state index in [1.807, 2.05) is 0 Å². The summed E-state index contributed by atoms with van der Waals surface area (Å²) in [5, 5.41) is 3.89. The van der Waals surface area contributed by atoms with Gasteiger partial charge in [0.15, 0.2) is 5.82 Å². The summed E-state index contributed by atoms with van der Waals surface area (Å²) in [6.07, 6.45) is 7.69. The monoisotopic (exact) mass is 253 g/mol. The van der Waals surface area contributed by atoms with Crippen LogP contribution in [0.5, 0.6) is 0 Å². The van der Waals surface area contributed by atoms with Gasteiger partial charge in [-0.3, -0.25) is 0 Å². The van der Waals surface area contributed by atoms with Gasteiger partial charge in [0.2, 0.25) is 0 Å². The van der Waals surface area contributed by atoms with Crippen LogP contribution in [-0.2, 0) is 17.8 Å². The highest BCUT2D eigenvalue weighted by molar-refractivity contribution is 4.88. The molecular weight excluding hydrogens is 230 g/mol. The summed E-state index contributed by atoms with van der Waals surface area (Å²) in [7, 11) is 0. The molecule has 0 radical (unpaired) electrons. The third-order valence-electron chi connectivity index (χ3n) is 3.45. The molecule has 0 amide bonds. The molecule has 1 aliphatic carbocycles. The number of nitrogens with two attached hydrogens (primary N) is 1. The van der Waals surface area contributed by atoms with Crippen molar-refractivity contribution in [2.24, 2.45) is 5.73 Å². The molecule has 5 nitrogen and oxygen atoms in total. The Bertz CT molecular complexity index is 359. The molecule has 0 bridgehead atoms. The summed E-state index contributed by atoms with van der Waals surface area (Å²) in [4.78, 5) is 4.26. The van der Waals surface area contributed by atoms with E-state index < -0.39 is 0 Å². The Morgan fingerprint density at radius 3 is 2.83 bits per heavy atom. The lowest BCUT2D eigenvalue weighted by Gasteiger charge is -2.32. The zero-order chi connectivity index (χ0) is 12.8. The number of hydrogen-bond donors (Lipinski definition) is 1. The van der Waals surface area contributed by atoms with Crippen molar-refractivity contribution in [3.8, 4) is 0 Å². The Labute approximate surface area is 108 Å². The van der Waals surface area contributed by atoms with Gasteiger partial charge < -0.3 is 15.0 Å². The molecule has 2 rings (SSSR count). The van der Waals surface area contributed by atoms with Crippen LogP contribution in [0.4, 0.5) is 0 Å². The van der Waals surface area contributed by atoms with Crippen LogP contribution in [-0.4, -0.2) is 22.3 Å². The minimum absolute atomic E-state index is 0.148. The molecule has 1 fully saturated rings. The quantitative estimate of drug-likeness (QED) is 0.841. The number of aromatic nitrogens is 2. The molecule has 102 valence electrons. The minimum atomic E-state index is -0.148. The van der Waals surface area contributed by atoms with Gasteiger partial charge in [0.1, 0.15) is 6.61 Å². The third-order valence-corrected chi connectivity index (χ3v) is 3.45. The average molecular weight is 253 g/mol. The molecule has 0 saturated heterocycles. The molecule has 1 saturated carbocycles. The van der Waals surface area contributed by atoms with Gasteiger partial charge in [-0.1, -0.05) is 31.3 Å². The van der Waals surface area contributed by atoms with Crippen molar-refractivity contribution in [2.75, 3.05) is 6.61 Å². The van der Waals surface area contributed by atoms with Crippen molar-refractivity contribution in [2.45, 2.75) is 64.0 Å². The van der Waals surface area contributed by atoms with Gasteiger partial charge >= 0.3 is 0 Å². The van der Waals surface area contributed by atoms with E-state index in [2.05, 4.69) is 17.1 Å². The molecule has 0 aromatic carbocycles. The Balaban J connectivity index is 1.73. The van der Waals surface area contributed by atoms with E-state index in [1.165, 1.54) is 19.3 Å². The maximum absolute atomic E-state index is 6.28. The largest absolute Gasteiger partial charge is 0.370 e. The topological polar surface area (TPSA) is 74.2 Å². The lowest BCUT2D eigenvalue weighted by Crippen LogP contribution is -2.46. The molecule has 1 aliphatic rings. The van der Waals surface area contributed by atoms with Crippen molar-refractivity contribution in [3.63, 3.8) is 0 Å². The Morgan fingerprint density at radius 1 is 1.33 bits per heavy atom. The molecule has 1 heterocycles. The van der Waals surface area contributed by atoms with Gasteiger partial charge in [0.05, 0.1) is 6.61 Å². The summed E-state index contributed by atoms with van der Waals surface area (Å²) in [6.45, 7) is 3.04. The van der Waals surface area contributed by atoms with E-state index in [-0.39, 0.29) is 5.54 Å². The van der Waals surface area contributed by atoms with Crippen molar-refractivity contribution in [1.82, 2.24) is 10.1 Å². The van der Waals surface area contributed by atoms with E-state index >= 15 is 0 Å². The van der Waals surface area contributed by atoms with Crippen molar-refractivity contribution >= 4 is 0 Å². The molecule has 5 heteroatoms. The van der Waals surface area contributed by atoms with Crippen LogP contribution in [0.15, 0.2) is 4.52 Å². The predicted molar refractivity (Wildman–Crippen MR) is 68.0 cm³/mol. The molecule has 0 spiro atoms. The zero-order valence-corrected chi connectivity index (χ0v) is 11.2. The Hall–Kier alpha value is -0.940. The van der Waals surface area contributed by atoms with Crippen LogP contribution in [0.1, 0.15) is 57.2 Å². The van der Waals surface area contributed by atoms with E-state index in [9.17, 15) is 0 Å². The molecule has 0 unspecified atom stereocenters.